The monoisotopic (exact) mass is 723 g/mol. The molecule has 0 aliphatic rings. The average Bonchev–Trinajstić information content (AvgIpc) is 3.74. The second-order valence-corrected chi connectivity index (χ2v) is 15.0. The quantitative estimate of drug-likeness (QED) is 0.151. The van der Waals surface area contributed by atoms with Crippen molar-refractivity contribution in [2.24, 2.45) is 0 Å². The Balaban J connectivity index is 1.04. The van der Waals surface area contributed by atoms with Gasteiger partial charge in [0.2, 0.25) is 0 Å². The molecular weight excluding hydrogens is 687 g/mol. The Labute approximate surface area is 332 Å². The fraction of sp³-hybridized carbons (Fsp3) is 0. The van der Waals surface area contributed by atoms with Gasteiger partial charge in [-0.05, 0) is 142 Å². The third-order valence-electron chi connectivity index (χ3n) is 11.6. The molecule has 1 aromatic heterocycles. The van der Waals surface area contributed by atoms with Crippen LogP contribution in [0, 0.1) is 0 Å². The standard InChI is InChI=1S/C56H37N/c1-3-13-41(14-4-1)55-31-32-56(42-15-5-2-6-16-42)57(55)50-27-25-40(26-28-50)45-21-22-46-36-53-51(47-23-19-38-11-7-9-17-43(38)33-47)29-30-52(54(53)37-49(46)35-45)48-24-20-39-12-8-10-18-44(39)34-48/h1-37H. The number of fused-ring (bicyclic) bond motifs is 4. The van der Waals surface area contributed by atoms with Gasteiger partial charge in [0.05, 0.1) is 11.4 Å². The number of benzene rings is 10. The van der Waals surface area contributed by atoms with Crippen LogP contribution in [0.1, 0.15) is 0 Å². The van der Waals surface area contributed by atoms with E-state index < -0.39 is 0 Å². The molecule has 266 valence electrons. The van der Waals surface area contributed by atoms with E-state index in [-0.39, 0.29) is 0 Å². The van der Waals surface area contributed by atoms with Crippen LogP contribution in [-0.4, -0.2) is 4.57 Å². The predicted molar refractivity (Wildman–Crippen MR) is 243 cm³/mol. The molecule has 0 unspecified atom stereocenters. The van der Waals surface area contributed by atoms with Gasteiger partial charge in [0, 0.05) is 5.69 Å². The van der Waals surface area contributed by atoms with E-state index in [9.17, 15) is 0 Å². The Morgan fingerprint density at radius 1 is 0.228 bits per heavy atom. The lowest BCUT2D eigenvalue weighted by Crippen LogP contribution is -1.99. The Kier molecular flexibility index (Phi) is 7.89. The summed E-state index contributed by atoms with van der Waals surface area (Å²) in [4.78, 5) is 0. The van der Waals surface area contributed by atoms with Crippen LogP contribution in [0.3, 0.4) is 0 Å². The molecule has 0 amide bonds. The van der Waals surface area contributed by atoms with Gasteiger partial charge in [-0.2, -0.15) is 0 Å². The first kappa shape index (κ1) is 32.9. The summed E-state index contributed by atoms with van der Waals surface area (Å²) >= 11 is 0. The zero-order chi connectivity index (χ0) is 37.7. The van der Waals surface area contributed by atoms with Crippen LogP contribution in [-0.2, 0) is 0 Å². The van der Waals surface area contributed by atoms with E-state index >= 15 is 0 Å². The number of nitrogens with zero attached hydrogens (tertiary/aromatic N) is 1. The van der Waals surface area contributed by atoms with Crippen LogP contribution in [0.4, 0.5) is 0 Å². The lowest BCUT2D eigenvalue weighted by molar-refractivity contribution is 1.10. The largest absolute Gasteiger partial charge is 0.309 e. The van der Waals surface area contributed by atoms with Crippen LogP contribution in [0.5, 0.6) is 0 Å². The number of hydrogen-bond acceptors (Lipinski definition) is 0. The maximum Gasteiger partial charge on any atom is 0.0535 e. The van der Waals surface area contributed by atoms with E-state index in [2.05, 4.69) is 229 Å². The molecule has 0 spiro atoms. The highest BCUT2D eigenvalue weighted by Crippen LogP contribution is 2.41. The van der Waals surface area contributed by atoms with Crippen molar-refractivity contribution in [1.82, 2.24) is 4.57 Å². The molecule has 11 aromatic rings. The van der Waals surface area contributed by atoms with E-state index in [4.69, 9.17) is 0 Å². The van der Waals surface area contributed by atoms with Crippen molar-refractivity contribution in [3.8, 4) is 61.6 Å². The topological polar surface area (TPSA) is 4.93 Å². The molecule has 10 aromatic carbocycles. The predicted octanol–water partition coefficient (Wildman–Crippen LogP) is 15.4. The molecule has 1 nitrogen and oxygen atoms in total. The molecule has 0 radical (unpaired) electrons. The summed E-state index contributed by atoms with van der Waals surface area (Å²) in [6.45, 7) is 0. The maximum atomic E-state index is 2.41. The highest BCUT2D eigenvalue weighted by molar-refractivity contribution is 6.12. The molecule has 0 fully saturated rings. The van der Waals surface area contributed by atoms with Gasteiger partial charge < -0.3 is 4.57 Å². The summed E-state index contributed by atoms with van der Waals surface area (Å²) in [5.74, 6) is 0. The zero-order valence-corrected chi connectivity index (χ0v) is 31.3. The minimum Gasteiger partial charge on any atom is -0.309 e. The van der Waals surface area contributed by atoms with Crippen molar-refractivity contribution in [2.45, 2.75) is 0 Å². The fourth-order valence-corrected chi connectivity index (χ4v) is 8.67. The molecule has 57 heavy (non-hydrogen) atoms. The molecule has 1 heteroatoms. The highest BCUT2D eigenvalue weighted by atomic mass is 15.0. The van der Waals surface area contributed by atoms with Crippen LogP contribution >= 0.6 is 0 Å². The molecule has 0 aliphatic carbocycles. The van der Waals surface area contributed by atoms with Gasteiger partial charge in [0.25, 0.3) is 0 Å². The van der Waals surface area contributed by atoms with Crippen molar-refractivity contribution in [2.75, 3.05) is 0 Å². The first-order chi connectivity index (χ1) is 28.2. The van der Waals surface area contributed by atoms with Crippen molar-refractivity contribution in [3.63, 3.8) is 0 Å². The Hall–Kier alpha value is -7.48. The normalized spacial score (nSPS) is 11.5. The van der Waals surface area contributed by atoms with E-state index in [1.807, 2.05) is 0 Å². The lowest BCUT2D eigenvalue weighted by atomic mass is 9.88. The van der Waals surface area contributed by atoms with E-state index in [1.54, 1.807) is 0 Å². The Morgan fingerprint density at radius 3 is 1.18 bits per heavy atom. The van der Waals surface area contributed by atoms with Crippen LogP contribution in [0.25, 0.3) is 105 Å². The van der Waals surface area contributed by atoms with Gasteiger partial charge in [-0.25, -0.2) is 0 Å². The third kappa shape index (κ3) is 5.89. The van der Waals surface area contributed by atoms with Crippen molar-refractivity contribution >= 4 is 43.1 Å². The maximum absolute atomic E-state index is 2.41. The molecule has 0 saturated carbocycles. The molecule has 0 saturated heterocycles. The zero-order valence-electron chi connectivity index (χ0n) is 31.3. The van der Waals surface area contributed by atoms with Crippen LogP contribution < -0.4 is 0 Å². The second kappa shape index (κ2) is 13.7. The Bertz CT molecular complexity index is 3210. The molecule has 0 atom stereocenters. The minimum absolute atomic E-state index is 1.13. The number of hydrogen-bond donors (Lipinski definition) is 0. The van der Waals surface area contributed by atoms with E-state index in [0.717, 1.165) is 5.69 Å². The van der Waals surface area contributed by atoms with Crippen molar-refractivity contribution in [3.05, 3.63) is 224 Å². The molecule has 0 aliphatic heterocycles. The van der Waals surface area contributed by atoms with Crippen LogP contribution in [0.2, 0.25) is 0 Å². The smallest absolute Gasteiger partial charge is 0.0535 e. The minimum atomic E-state index is 1.13. The summed E-state index contributed by atoms with van der Waals surface area (Å²) in [5, 5.41) is 9.98. The molecule has 11 rings (SSSR count). The van der Waals surface area contributed by atoms with Gasteiger partial charge >= 0.3 is 0 Å². The Morgan fingerprint density at radius 2 is 0.632 bits per heavy atom. The highest BCUT2D eigenvalue weighted by Gasteiger charge is 2.16. The summed E-state index contributed by atoms with van der Waals surface area (Å²) < 4.78 is 2.38. The first-order valence-electron chi connectivity index (χ1n) is 19.7. The van der Waals surface area contributed by atoms with Gasteiger partial charge in [-0.3, -0.25) is 0 Å². The lowest BCUT2D eigenvalue weighted by Gasteiger charge is -2.16. The van der Waals surface area contributed by atoms with Crippen molar-refractivity contribution in [1.29, 1.82) is 0 Å². The SMILES string of the molecule is c1ccc(-c2ccc(-c3ccccc3)n2-c2ccc(-c3ccc4cc5c(-c6ccc7ccccc7c6)ccc(-c6ccc7ccccc7c6)c5cc4c3)cc2)cc1. The van der Waals surface area contributed by atoms with Gasteiger partial charge in [-0.15, -0.1) is 0 Å². The van der Waals surface area contributed by atoms with Gasteiger partial charge in [-0.1, -0.05) is 170 Å². The third-order valence-corrected chi connectivity index (χ3v) is 11.6. The number of rotatable bonds is 6. The first-order valence-corrected chi connectivity index (χ1v) is 19.7. The van der Waals surface area contributed by atoms with Gasteiger partial charge in [0.1, 0.15) is 0 Å². The fourth-order valence-electron chi connectivity index (χ4n) is 8.67. The molecule has 0 N–H and O–H groups in total. The molecule has 1 heterocycles. The average molecular weight is 724 g/mol. The molecule has 0 bridgehead atoms. The van der Waals surface area contributed by atoms with Gasteiger partial charge in [0.15, 0.2) is 0 Å². The second-order valence-electron chi connectivity index (χ2n) is 15.0. The summed E-state index contributed by atoms with van der Waals surface area (Å²) in [5.41, 5.74) is 13.2. The van der Waals surface area contributed by atoms with E-state index in [1.165, 1.54) is 99.0 Å². The van der Waals surface area contributed by atoms with Crippen molar-refractivity contribution < 1.29 is 0 Å². The van der Waals surface area contributed by atoms with E-state index in [0.29, 0.717) is 0 Å². The molecular formula is C56H37N. The summed E-state index contributed by atoms with van der Waals surface area (Å²) in [6, 6.07) is 82.1. The van der Waals surface area contributed by atoms with Crippen LogP contribution in [0.15, 0.2) is 224 Å². The number of aromatic nitrogens is 1. The summed E-state index contributed by atoms with van der Waals surface area (Å²) in [6.07, 6.45) is 0. The summed E-state index contributed by atoms with van der Waals surface area (Å²) in [7, 11) is 0.